The predicted octanol–water partition coefficient (Wildman–Crippen LogP) is 2.39. The van der Waals surface area contributed by atoms with Crippen LogP contribution in [0, 0.1) is 9.49 Å². The Hall–Kier alpha value is -0.620. The normalized spacial score (nSPS) is 27.2. The molecule has 0 radical (unpaired) electrons. The zero-order chi connectivity index (χ0) is 13.2. The van der Waals surface area contributed by atoms with Crippen LogP contribution in [0.3, 0.4) is 0 Å². The Labute approximate surface area is 127 Å². The van der Waals surface area contributed by atoms with E-state index < -0.39 is 0 Å². The van der Waals surface area contributed by atoms with Crippen molar-refractivity contribution in [2.24, 2.45) is 5.92 Å². The summed E-state index contributed by atoms with van der Waals surface area (Å²) in [6.07, 6.45) is 2.87. The number of carbonyl (C=O) groups excluding carboxylic acids is 1. The van der Waals surface area contributed by atoms with E-state index in [2.05, 4.69) is 57.1 Å². The molecule has 2 unspecified atom stereocenters. The van der Waals surface area contributed by atoms with Crippen LogP contribution in [0.1, 0.15) is 24.8 Å². The first-order valence-corrected chi connectivity index (χ1v) is 8.06. The fraction of sp³-hybridized carbons (Fsp3) is 0.533. The summed E-state index contributed by atoms with van der Waals surface area (Å²) < 4.78 is 1.24. The predicted molar refractivity (Wildman–Crippen MR) is 83.7 cm³/mol. The molecule has 0 saturated carbocycles. The van der Waals surface area contributed by atoms with Gasteiger partial charge in [-0.3, -0.25) is 4.79 Å². The Morgan fingerprint density at radius 2 is 2.05 bits per heavy atom. The van der Waals surface area contributed by atoms with Gasteiger partial charge in [-0.1, -0.05) is 12.1 Å². The molecular formula is C15H19IN2O. The second kappa shape index (κ2) is 5.79. The van der Waals surface area contributed by atoms with Gasteiger partial charge >= 0.3 is 0 Å². The number of hydrogen-bond acceptors (Lipinski definition) is 2. The second-order valence-electron chi connectivity index (χ2n) is 5.51. The zero-order valence-electron chi connectivity index (χ0n) is 10.9. The summed E-state index contributed by atoms with van der Waals surface area (Å²) in [6.45, 7) is 2.88. The third-order valence-electron chi connectivity index (χ3n) is 4.28. The van der Waals surface area contributed by atoms with Crippen molar-refractivity contribution in [1.29, 1.82) is 0 Å². The van der Waals surface area contributed by atoms with E-state index in [4.69, 9.17) is 0 Å². The second-order valence-corrected chi connectivity index (χ2v) is 6.75. The lowest BCUT2D eigenvalue weighted by atomic mass is 9.84. The van der Waals surface area contributed by atoms with Gasteiger partial charge in [0.25, 0.3) is 0 Å². The van der Waals surface area contributed by atoms with Crippen molar-refractivity contribution < 1.29 is 4.79 Å². The molecule has 2 aliphatic heterocycles. The molecule has 0 aliphatic carbocycles. The van der Waals surface area contributed by atoms with E-state index in [1.54, 1.807) is 0 Å². The fourth-order valence-electron chi connectivity index (χ4n) is 3.24. The van der Waals surface area contributed by atoms with Gasteiger partial charge in [0.05, 0.1) is 0 Å². The quantitative estimate of drug-likeness (QED) is 0.811. The molecule has 102 valence electrons. The number of nitrogens with one attached hydrogen (secondary N) is 1. The maximum Gasteiger partial charge on any atom is 0.223 e. The van der Waals surface area contributed by atoms with Crippen LogP contribution in [0.2, 0.25) is 0 Å². The number of likely N-dealkylation sites (tertiary alicyclic amines) is 1. The first kappa shape index (κ1) is 13.4. The number of carbonyl (C=O) groups is 1. The number of halogens is 1. The summed E-state index contributed by atoms with van der Waals surface area (Å²) in [4.78, 5) is 14.3. The van der Waals surface area contributed by atoms with E-state index in [1.165, 1.54) is 9.13 Å². The SMILES string of the molecule is O=C1CCC2CNCCC2N1Cc1ccc(I)cc1. The number of nitrogens with zero attached hydrogens (tertiary/aromatic N) is 1. The minimum Gasteiger partial charge on any atom is -0.335 e. The third kappa shape index (κ3) is 2.94. The van der Waals surface area contributed by atoms with Gasteiger partial charge in [-0.2, -0.15) is 0 Å². The highest BCUT2D eigenvalue weighted by Gasteiger charge is 2.36. The van der Waals surface area contributed by atoms with Gasteiger partial charge in [-0.05, 0) is 72.1 Å². The lowest BCUT2D eigenvalue weighted by molar-refractivity contribution is -0.140. The van der Waals surface area contributed by atoms with Gasteiger partial charge in [0, 0.05) is 22.6 Å². The minimum atomic E-state index is 0.335. The Morgan fingerprint density at radius 1 is 1.26 bits per heavy atom. The van der Waals surface area contributed by atoms with Crippen molar-refractivity contribution in [2.45, 2.75) is 31.8 Å². The van der Waals surface area contributed by atoms with E-state index in [0.29, 0.717) is 24.3 Å². The van der Waals surface area contributed by atoms with E-state index in [-0.39, 0.29) is 0 Å². The minimum absolute atomic E-state index is 0.335. The van der Waals surface area contributed by atoms with Crippen LogP contribution in [0.4, 0.5) is 0 Å². The van der Waals surface area contributed by atoms with Crippen molar-refractivity contribution in [1.82, 2.24) is 10.2 Å². The zero-order valence-corrected chi connectivity index (χ0v) is 13.1. The number of rotatable bonds is 2. The van der Waals surface area contributed by atoms with E-state index in [1.807, 2.05) is 0 Å². The summed E-state index contributed by atoms with van der Waals surface area (Å²) in [5.74, 6) is 0.983. The molecule has 19 heavy (non-hydrogen) atoms. The maximum absolute atomic E-state index is 12.2. The molecule has 1 N–H and O–H groups in total. The van der Waals surface area contributed by atoms with Crippen molar-refractivity contribution >= 4 is 28.5 Å². The van der Waals surface area contributed by atoms with Gasteiger partial charge in [0.15, 0.2) is 0 Å². The van der Waals surface area contributed by atoms with Crippen molar-refractivity contribution in [3.63, 3.8) is 0 Å². The van der Waals surface area contributed by atoms with Crippen molar-refractivity contribution in [2.75, 3.05) is 13.1 Å². The van der Waals surface area contributed by atoms with E-state index in [0.717, 1.165) is 32.5 Å². The lowest BCUT2D eigenvalue weighted by Crippen LogP contribution is -2.54. The highest BCUT2D eigenvalue weighted by atomic mass is 127. The molecule has 0 aromatic heterocycles. The van der Waals surface area contributed by atoms with Crippen LogP contribution in [-0.4, -0.2) is 29.9 Å². The van der Waals surface area contributed by atoms with Gasteiger partial charge in [-0.15, -0.1) is 0 Å². The highest BCUT2D eigenvalue weighted by Crippen LogP contribution is 2.29. The Kier molecular flexibility index (Phi) is 4.07. The Morgan fingerprint density at radius 3 is 2.84 bits per heavy atom. The molecule has 0 spiro atoms. The van der Waals surface area contributed by atoms with Gasteiger partial charge in [0.1, 0.15) is 0 Å². The molecule has 2 atom stereocenters. The van der Waals surface area contributed by atoms with Crippen LogP contribution >= 0.6 is 22.6 Å². The first-order valence-electron chi connectivity index (χ1n) is 6.98. The van der Waals surface area contributed by atoms with Crippen molar-refractivity contribution in [3.05, 3.63) is 33.4 Å². The highest BCUT2D eigenvalue weighted by molar-refractivity contribution is 14.1. The number of piperidine rings is 2. The van der Waals surface area contributed by atoms with Gasteiger partial charge < -0.3 is 10.2 Å². The average Bonchev–Trinajstić information content (AvgIpc) is 2.44. The van der Waals surface area contributed by atoms with E-state index >= 15 is 0 Å². The third-order valence-corrected chi connectivity index (χ3v) is 5.00. The standard InChI is InChI=1S/C15H19IN2O/c16-13-4-1-11(2-5-13)10-18-14-7-8-17-9-12(14)3-6-15(18)19/h1-2,4-5,12,14,17H,3,6-10H2. The van der Waals surface area contributed by atoms with Crippen LogP contribution in [-0.2, 0) is 11.3 Å². The monoisotopic (exact) mass is 370 g/mol. The molecule has 2 aliphatic rings. The number of hydrogen-bond donors (Lipinski definition) is 1. The molecule has 4 heteroatoms. The lowest BCUT2D eigenvalue weighted by Gasteiger charge is -2.44. The Bertz CT molecular complexity index is 460. The molecule has 2 fully saturated rings. The Balaban J connectivity index is 1.76. The summed E-state index contributed by atoms with van der Waals surface area (Å²) >= 11 is 2.31. The molecule has 2 saturated heterocycles. The fourth-order valence-corrected chi connectivity index (χ4v) is 3.60. The van der Waals surface area contributed by atoms with E-state index in [9.17, 15) is 4.79 Å². The molecule has 3 rings (SSSR count). The summed E-state index contributed by atoms with van der Waals surface area (Å²) in [5, 5.41) is 3.45. The molecule has 2 heterocycles. The smallest absolute Gasteiger partial charge is 0.223 e. The van der Waals surface area contributed by atoms with Gasteiger partial charge in [-0.25, -0.2) is 0 Å². The molecule has 1 aromatic rings. The largest absolute Gasteiger partial charge is 0.335 e. The van der Waals surface area contributed by atoms with Gasteiger partial charge in [0.2, 0.25) is 5.91 Å². The number of benzene rings is 1. The molecule has 1 aromatic carbocycles. The molecule has 3 nitrogen and oxygen atoms in total. The number of amides is 1. The summed E-state index contributed by atoms with van der Waals surface area (Å²) in [6, 6.07) is 8.95. The first-order chi connectivity index (χ1) is 9.24. The topological polar surface area (TPSA) is 32.3 Å². The van der Waals surface area contributed by atoms with Crippen molar-refractivity contribution in [3.8, 4) is 0 Å². The average molecular weight is 370 g/mol. The summed E-state index contributed by atoms with van der Waals surface area (Å²) in [7, 11) is 0. The molecule has 1 amide bonds. The molecular weight excluding hydrogens is 351 g/mol. The maximum atomic E-state index is 12.2. The van der Waals surface area contributed by atoms with Crippen LogP contribution < -0.4 is 5.32 Å². The summed E-state index contributed by atoms with van der Waals surface area (Å²) in [5.41, 5.74) is 1.24. The number of fused-ring (bicyclic) bond motifs is 1. The van der Waals surface area contributed by atoms with Crippen LogP contribution in [0.5, 0.6) is 0 Å². The molecule has 0 bridgehead atoms. The van der Waals surface area contributed by atoms with Crippen LogP contribution in [0.25, 0.3) is 0 Å². The van der Waals surface area contributed by atoms with Crippen LogP contribution in [0.15, 0.2) is 24.3 Å².